The minimum Gasteiger partial charge on any atom is -0.450 e. The Morgan fingerprint density at radius 1 is 0.796 bits per heavy atom. The molecule has 54 heavy (non-hydrogen) atoms. The van der Waals surface area contributed by atoms with Crippen molar-refractivity contribution in [3.63, 3.8) is 0 Å². The van der Waals surface area contributed by atoms with E-state index in [1.165, 1.54) is 18.2 Å². The van der Waals surface area contributed by atoms with Gasteiger partial charge in [-0.2, -0.15) is 34.4 Å². The van der Waals surface area contributed by atoms with Gasteiger partial charge >= 0.3 is 10.1 Å². The Balaban J connectivity index is 1.29. The summed E-state index contributed by atoms with van der Waals surface area (Å²) in [7, 11) is -10.2. The number of benzene rings is 3. The second kappa shape index (κ2) is 13.6. The van der Waals surface area contributed by atoms with E-state index < -0.39 is 95.4 Å². The summed E-state index contributed by atoms with van der Waals surface area (Å²) in [5.74, 6) is -8.18. The molecule has 2 aromatic carbocycles. The van der Waals surface area contributed by atoms with E-state index in [2.05, 4.69) is 51.2 Å². The van der Waals surface area contributed by atoms with Gasteiger partial charge in [0.1, 0.15) is 46.3 Å². The Morgan fingerprint density at radius 3 is 2.09 bits per heavy atom. The highest BCUT2D eigenvalue weighted by Crippen LogP contribution is 2.55. The molecule has 0 spiro atoms. The minimum atomic E-state index is -5.13. The van der Waals surface area contributed by atoms with Crippen molar-refractivity contribution in [2.75, 3.05) is 34.6 Å². The molecule has 6 N–H and O–H groups in total. The molecule has 26 heteroatoms. The highest BCUT2D eigenvalue weighted by molar-refractivity contribution is 7.86. The van der Waals surface area contributed by atoms with E-state index >= 15 is 0 Å². The van der Waals surface area contributed by atoms with Crippen LogP contribution in [0.25, 0.3) is 22.6 Å². The molecule has 0 saturated carbocycles. The van der Waals surface area contributed by atoms with Gasteiger partial charge in [-0.05, 0) is 24.3 Å². The summed E-state index contributed by atoms with van der Waals surface area (Å²) in [6, 6.07) is 4.81. The molecular formula is C28H16Cl2F4N10O8S2. The second-order valence-corrected chi connectivity index (χ2v) is 14.1. The van der Waals surface area contributed by atoms with Crippen molar-refractivity contribution in [2.45, 2.75) is 9.79 Å². The first-order valence-corrected chi connectivity index (χ1v) is 18.1. The van der Waals surface area contributed by atoms with Crippen LogP contribution in [-0.2, 0) is 20.2 Å². The highest BCUT2D eigenvalue weighted by Gasteiger charge is 2.34. The lowest BCUT2D eigenvalue weighted by Gasteiger charge is -2.27. The summed E-state index contributed by atoms with van der Waals surface area (Å²) in [5.41, 5.74) is -1.29. The maximum Gasteiger partial charge on any atom is 0.300 e. The average molecular weight is 832 g/mol. The van der Waals surface area contributed by atoms with Crippen LogP contribution in [0.3, 0.4) is 0 Å². The van der Waals surface area contributed by atoms with E-state index in [1.54, 1.807) is 0 Å². The summed E-state index contributed by atoms with van der Waals surface area (Å²) in [6.07, 6.45) is 1.49. The number of aromatic nitrogens is 5. The lowest BCUT2D eigenvalue weighted by atomic mass is 10.1. The minimum absolute atomic E-state index is 0.0872. The van der Waals surface area contributed by atoms with Crippen molar-refractivity contribution in [3.8, 4) is 23.0 Å². The predicted molar refractivity (Wildman–Crippen MR) is 180 cm³/mol. The zero-order valence-corrected chi connectivity index (χ0v) is 29.1. The molecule has 0 bridgehead atoms. The molecule has 1 aliphatic carbocycles. The van der Waals surface area contributed by atoms with Crippen LogP contribution < -0.4 is 31.4 Å². The first-order chi connectivity index (χ1) is 25.5. The Hall–Kier alpha value is -5.66. The van der Waals surface area contributed by atoms with Crippen LogP contribution in [0.15, 0.2) is 56.1 Å². The van der Waals surface area contributed by atoms with Crippen molar-refractivity contribution in [2.24, 2.45) is 4.99 Å². The molecule has 0 radical (unpaired) electrons. The topological polar surface area (TPSA) is 256 Å². The van der Waals surface area contributed by atoms with Crippen LogP contribution in [0.5, 0.6) is 11.5 Å². The van der Waals surface area contributed by atoms with Gasteiger partial charge in [-0.3, -0.25) is 14.1 Å². The fourth-order valence-electron chi connectivity index (χ4n) is 5.12. The van der Waals surface area contributed by atoms with Crippen LogP contribution >= 0.6 is 23.2 Å². The third-order valence-electron chi connectivity index (χ3n) is 7.39. The van der Waals surface area contributed by atoms with E-state index in [4.69, 9.17) is 32.4 Å². The van der Waals surface area contributed by atoms with Crippen LogP contribution in [-0.4, -0.2) is 64.2 Å². The summed E-state index contributed by atoms with van der Waals surface area (Å²) in [6.45, 7) is -1.01. The number of ether oxygens (including phenoxy) is 1. The van der Waals surface area contributed by atoms with Crippen molar-refractivity contribution in [1.29, 1.82) is 0 Å². The maximum absolute atomic E-state index is 14.0. The molecule has 7 rings (SSSR count). The summed E-state index contributed by atoms with van der Waals surface area (Å²) < 4.78 is 138. The van der Waals surface area contributed by atoms with Crippen molar-refractivity contribution in [3.05, 3.63) is 75.9 Å². The SMILES string of the molecule is O=S(=O)(O)c1c(NCNc2ncnc(F)c2F)ccc2c1Oc1c(c(Cl)c3oc4c(S(=O)(=O)O)c(=NCNc5ncnc(F)c5F)ccc-4nc3c1Cl)N2. The molecule has 0 unspecified atom stereocenters. The first kappa shape index (κ1) is 36.7. The van der Waals surface area contributed by atoms with E-state index in [-0.39, 0.29) is 49.7 Å². The number of hydrogen-bond donors (Lipinski definition) is 6. The molecule has 4 heterocycles. The lowest BCUT2D eigenvalue weighted by Crippen LogP contribution is -2.19. The normalized spacial score (nSPS) is 12.9. The van der Waals surface area contributed by atoms with E-state index in [0.717, 1.165) is 18.7 Å². The Bertz CT molecular complexity index is 2820. The highest BCUT2D eigenvalue weighted by atomic mass is 35.5. The standard InChI is InChI=1S/C28H16Cl2F4N10O8S2/c29-13-17-21(51-19-9(43-17)1-3-11(23(19)53(45,46)47)35-5-39-27-15(31)25(33)37-7-41-27)14(30)18-22(13)52-20-10(44-18)2-4-12(24(20)54(48,49)50)36-6-40-28-16(32)26(34)38-8-42-28/h1-4,7-8,35,43H,5-6H2,(H,37,39,41)(H,38,40,42)(H,45,46,47)(H,48,49,50). The van der Waals surface area contributed by atoms with Gasteiger partial charge in [0.05, 0.1) is 23.4 Å². The van der Waals surface area contributed by atoms with Crippen LogP contribution in [0.1, 0.15) is 0 Å². The van der Waals surface area contributed by atoms with Crippen LogP contribution in [0.4, 0.5) is 46.3 Å². The van der Waals surface area contributed by atoms with Gasteiger partial charge in [0.15, 0.2) is 44.3 Å². The van der Waals surface area contributed by atoms with Gasteiger partial charge in [-0.25, -0.2) is 24.9 Å². The van der Waals surface area contributed by atoms with Gasteiger partial charge in [0.25, 0.3) is 22.0 Å². The van der Waals surface area contributed by atoms with Gasteiger partial charge in [0, 0.05) is 0 Å². The average Bonchev–Trinajstić information content (AvgIpc) is 3.11. The molecule has 0 saturated heterocycles. The monoisotopic (exact) mass is 830 g/mol. The number of halogens is 6. The summed E-state index contributed by atoms with van der Waals surface area (Å²) in [5, 5.41) is 9.09. The zero-order valence-electron chi connectivity index (χ0n) is 26.0. The first-order valence-electron chi connectivity index (χ1n) is 14.4. The van der Waals surface area contributed by atoms with Crippen molar-refractivity contribution in [1.82, 2.24) is 24.9 Å². The fourth-order valence-corrected chi connectivity index (χ4v) is 7.22. The third kappa shape index (κ3) is 6.58. The summed E-state index contributed by atoms with van der Waals surface area (Å²) >= 11 is 13.4. The number of hydrogen-bond acceptors (Lipinski definition) is 16. The van der Waals surface area contributed by atoms with E-state index in [9.17, 15) is 43.5 Å². The molecule has 0 fully saturated rings. The van der Waals surface area contributed by atoms with Gasteiger partial charge in [0.2, 0.25) is 11.6 Å². The van der Waals surface area contributed by atoms with Crippen molar-refractivity contribution < 1.29 is 52.7 Å². The summed E-state index contributed by atoms with van der Waals surface area (Å²) in [4.78, 5) is 19.8. The van der Waals surface area contributed by atoms with Crippen LogP contribution in [0.2, 0.25) is 10.0 Å². The zero-order chi connectivity index (χ0) is 38.7. The van der Waals surface area contributed by atoms with Crippen molar-refractivity contribution >= 4 is 83.2 Å². The third-order valence-corrected chi connectivity index (χ3v) is 9.93. The van der Waals surface area contributed by atoms with E-state index in [1.807, 2.05) is 0 Å². The largest absolute Gasteiger partial charge is 0.450 e. The number of rotatable bonds is 9. The number of fused-ring (bicyclic) bond motifs is 4. The maximum atomic E-state index is 14.0. The Labute approximate surface area is 308 Å². The molecule has 2 aliphatic heterocycles. The molecule has 280 valence electrons. The van der Waals surface area contributed by atoms with Gasteiger partial charge < -0.3 is 30.4 Å². The fraction of sp³-hybridized carbons (Fsp3) is 0.0714. The number of nitrogens with zero attached hydrogens (tertiary/aromatic N) is 6. The molecule has 2 aromatic heterocycles. The molecule has 0 amide bonds. The lowest BCUT2D eigenvalue weighted by molar-refractivity contribution is 0.449. The predicted octanol–water partition coefficient (Wildman–Crippen LogP) is 5.17. The molecule has 3 aliphatic rings. The molecular weight excluding hydrogens is 815 g/mol. The number of nitrogens with one attached hydrogen (secondary N) is 4. The van der Waals surface area contributed by atoms with E-state index in [0.29, 0.717) is 0 Å². The number of anilines is 5. The Morgan fingerprint density at radius 2 is 1.44 bits per heavy atom. The smallest absolute Gasteiger partial charge is 0.300 e. The molecule has 4 aromatic rings. The second-order valence-electron chi connectivity index (χ2n) is 10.7. The quantitative estimate of drug-likeness (QED) is 0.0361. The van der Waals surface area contributed by atoms with Gasteiger partial charge in [-0.1, -0.05) is 23.2 Å². The molecule has 0 atom stereocenters. The molecule has 18 nitrogen and oxygen atoms in total. The Kier molecular flexibility index (Phi) is 9.27. The van der Waals surface area contributed by atoms with Crippen LogP contribution in [0, 0.1) is 23.5 Å². The van der Waals surface area contributed by atoms with Gasteiger partial charge in [-0.15, -0.1) is 0 Å².